The lowest BCUT2D eigenvalue weighted by atomic mass is 10.00. The van der Waals surface area contributed by atoms with Crippen molar-refractivity contribution in [1.29, 1.82) is 0 Å². The average Bonchev–Trinajstić information content (AvgIpc) is 3.09. The van der Waals surface area contributed by atoms with E-state index in [1.165, 1.54) is 11.0 Å². The largest absolute Gasteiger partial charge is 1.00 e. The Bertz CT molecular complexity index is 1010. The third kappa shape index (κ3) is 4.23. The standard InChI is InChI=1S/C22H20FN2O3.ClH/c1-24-10-8-16(9-11-24)15-2-4-17(5-3-15)20-7-6-18(12-21(20)23)25-13-19(14-26)28-22(25)27;/h2-12,19,26H,13-14H2,1H3;1H/q+1;/p-1/t19-;/m1./s1. The van der Waals surface area contributed by atoms with Crippen LogP contribution in [0.1, 0.15) is 0 Å². The SMILES string of the molecule is C[n+]1ccc(-c2ccc(-c3ccc(N4C[C@H](CO)OC4=O)cc3F)cc2)cc1.[Cl-]. The topological polar surface area (TPSA) is 53.6 Å². The van der Waals surface area contributed by atoms with Gasteiger partial charge in [0.1, 0.15) is 19.0 Å². The number of pyridine rings is 1. The van der Waals surface area contributed by atoms with Crippen LogP contribution in [0.3, 0.4) is 0 Å². The molecule has 1 amide bonds. The number of hydrogen-bond donors (Lipinski definition) is 1. The number of ether oxygens (including phenoxy) is 1. The third-order valence-electron chi connectivity index (χ3n) is 4.85. The highest BCUT2D eigenvalue weighted by molar-refractivity contribution is 5.90. The van der Waals surface area contributed by atoms with E-state index >= 15 is 0 Å². The molecule has 0 spiro atoms. The number of aryl methyl sites for hydroxylation is 1. The van der Waals surface area contributed by atoms with Crippen molar-refractivity contribution < 1.29 is 36.0 Å². The maximum absolute atomic E-state index is 14.7. The Labute approximate surface area is 174 Å². The van der Waals surface area contributed by atoms with E-state index in [0.717, 1.165) is 16.7 Å². The number of rotatable bonds is 4. The predicted molar refractivity (Wildman–Crippen MR) is 103 cm³/mol. The zero-order chi connectivity index (χ0) is 19.7. The lowest BCUT2D eigenvalue weighted by molar-refractivity contribution is -0.671. The Morgan fingerprint density at radius 3 is 2.28 bits per heavy atom. The molecule has 1 saturated heterocycles. The molecule has 29 heavy (non-hydrogen) atoms. The first-order valence-corrected chi connectivity index (χ1v) is 9.00. The first-order valence-electron chi connectivity index (χ1n) is 9.00. The summed E-state index contributed by atoms with van der Waals surface area (Å²) in [5.41, 5.74) is 3.77. The van der Waals surface area contributed by atoms with Crippen LogP contribution < -0.4 is 21.9 Å². The lowest BCUT2D eigenvalue weighted by Crippen LogP contribution is -3.00. The summed E-state index contributed by atoms with van der Waals surface area (Å²) in [5.74, 6) is -0.419. The Balaban J connectivity index is 0.00000240. The normalized spacial score (nSPS) is 15.8. The number of nitrogens with zero attached hydrogens (tertiary/aromatic N) is 2. The van der Waals surface area contributed by atoms with Crippen molar-refractivity contribution in [2.24, 2.45) is 7.05 Å². The van der Waals surface area contributed by atoms with Crippen LogP contribution in [0.4, 0.5) is 14.9 Å². The second-order valence-electron chi connectivity index (χ2n) is 6.79. The fourth-order valence-electron chi connectivity index (χ4n) is 3.27. The van der Waals surface area contributed by atoms with Gasteiger partial charge in [-0.3, -0.25) is 4.90 Å². The van der Waals surface area contributed by atoms with Gasteiger partial charge in [-0.15, -0.1) is 0 Å². The van der Waals surface area contributed by atoms with Gasteiger partial charge in [-0.25, -0.2) is 13.8 Å². The highest BCUT2D eigenvalue weighted by Gasteiger charge is 2.32. The summed E-state index contributed by atoms with van der Waals surface area (Å²) in [6.07, 6.45) is 2.80. The number of benzene rings is 2. The molecular weight excluding hydrogens is 395 g/mol. The number of aromatic nitrogens is 1. The minimum atomic E-state index is -0.581. The smallest absolute Gasteiger partial charge is 0.414 e. The summed E-state index contributed by atoms with van der Waals surface area (Å²) < 4.78 is 21.7. The number of aliphatic hydroxyl groups excluding tert-OH is 1. The van der Waals surface area contributed by atoms with Crippen molar-refractivity contribution in [3.8, 4) is 22.3 Å². The second-order valence-corrected chi connectivity index (χ2v) is 6.79. The van der Waals surface area contributed by atoms with Gasteiger partial charge in [-0.2, -0.15) is 0 Å². The molecule has 1 atom stereocenters. The molecule has 2 aromatic carbocycles. The molecule has 1 fully saturated rings. The van der Waals surface area contributed by atoms with Crippen LogP contribution in [-0.4, -0.2) is 30.5 Å². The van der Waals surface area contributed by atoms with Crippen LogP contribution in [0.15, 0.2) is 67.0 Å². The van der Waals surface area contributed by atoms with Crippen LogP contribution >= 0.6 is 0 Å². The molecule has 4 rings (SSSR count). The van der Waals surface area contributed by atoms with Crippen LogP contribution in [0, 0.1) is 5.82 Å². The number of carbonyl (C=O) groups excluding carboxylic acids is 1. The molecule has 150 valence electrons. The first-order chi connectivity index (χ1) is 13.5. The highest BCUT2D eigenvalue weighted by atomic mass is 35.5. The first kappa shape index (κ1) is 20.8. The van der Waals surface area contributed by atoms with E-state index in [1.54, 1.807) is 12.1 Å². The molecule has 3 aromatic rings. The van der Waals surface area contributed by atoms with Crippen molar-refractivity contribution in [3.05, 3.63) is 72.8 Å². The Hall–Kier alpha value is -2.96. The van der Waals surface area contributed by atoms with Gasteiger partial charge in [-0.05, 0) is 34.9 Å². The maximum atomic E-state index is 14.7. The molecule has 5 nitrogen and oxygen atoms in total. The molecular formula is C22H20ClFN2O3. The number of amides is 1. The number of halogens is 2. The summed E-state index contributed by atoms with van der Waals surface area (Å²) in [7, 11) is 1.96. The molecule has 0 radical (unpaired) electrons. The Morgan fingerprint density at radius 2 is 1.69 bits per heavy atom. The van der Waals surface area contributed by atoms with E-state index in [1.807, 2.05) is 60.4 Å². The maximum Gasteiger partial charge on any atom is 0.414 e. The van der Waals surface area contributed by atoms with Gasteiger partial charge in [0, 0.05) is 17.7 Å². The Kier molecular flexibility index (Phi) is 6.15. The Morgan fingerprint density at radius 1 is 1.07 bits per heavy atom. The predicted octanol–water partition coefficient (Wildman–Crippen LogP) is 0.306. The highest BCUT2D eigenvalue weighted by Crippen LogP contribution is 2.30. The van der Waals surface area contributed by atoms with Crippen LogP contribution in [0.25, 0.3) is 22.3 Å². The molecule has 1 N–H and O–H groups in total. The zero-order valence-electron chi connectivity index (χ0n) is 15.8. The lowest BCUT2D eigenvalue weighted by Gasteiger charge is -2.14. The van der Waals surface area contributed by atoms with Crippen molar-refractivity contribution in [1.82, 2.24) is 0 Å². The summed E-state index contributed by atoms with van der Waals surface area (Å²) in [6, 6.07) is 16.4. The van der Waals surface area contributed by atoms with E-state index in [9.17, 15) is 9.18 Å². The molecule has 2 heterocycles. The van der Waals surface area contributed by atoms with Gasteiger partial charge < -0.3 is 22.3 Å². The van der Waals surface area contributed by atoms with Crippen molar-refractivity contribution >= 4 is 11.8 Å². The zero-order valence-corrected chi connectivity index (χ0v) is 16.5. The van der Waals surface area contributed by atoms with E-state index in [-0.39, 0.29) is 25.6 Å². The summed E-state index contributed by atoms with van der Waals surface area (Å²) >= 11 is 0. The van der Waals surface area contributed by atoms with Gasteiger partial charge in [0.15, 0.2) is 12.4 Å². The quantitative estimate of drug-likeness (QED) is 0.625. The average molecular weight is 415 g/mol. The van der Waals surface area contributed by atoms with E-state index in [0.29, 0.717) is 11.3 Å². The monoisotopic (exact) mass is 414 g/mol. The third-order valence-corrected chi connectivity index (χ3v) is 4.85. The van der Waals surface area contributed by atoms with Crippen molar-refractivity contribution in [2.45, 2.75) is 6.10 Å². The molecule has 7 heteroatoms. The van der Waals surface area contributed by atoms with E-state index in [2.05, 4.69) is 0 Å². The van der Waals surface area contributed by atoms with Gasteiger partial charge in [0.05, 0.1) is 18.8 Å². The number of carbonyl (C=O) groups is 1. The molecule has 0 bridgehead atoms. The fraction of sp³-hybridized carbons (Fsp3) is 0.182. The summed E-state index contributed by atoms with van der Waals surface area (Å²) in [5, 5.41) is 9.13. The van der Waals surface area contributed by atoms with Gasteiger partial charge in [0.2, 0.25) is 0 Å². The van der Waals surface area contributed by atoms with Crippen LogP contribution in [-0.2, 0) is 11.8 Å². The second kappa shape index (κ2) is 8.59. The van der Waals surface area contributed by atoms with Crippen LogP contribution in [0.5, 0.6) is 0 Å². The molecule has 0 aliphatic carbocycles. The fourth-order valence-corrected chi connectivity index (χ4v) is 3.27. The van der Waals surface area contributed by atoms with Crippen molar-refractivity contribution in [2.75, 3.05) is 18.1 Å². The van der Waals surface area contributed by atoms with E-state index < -0.39 is 18.0 Å². The number of hydrogen-bond acceptors (Lipinski definition) is 3. The van der Waals surface area contributed by atoms with E-state index in [4.69, 9.17) is 9.84 Å². The minimum absolute atomic E-state index is 0. The molecule has 1 aromatic heterocycles. The number of aliphatic hydroxyl groups is 1. The number of anilines is 1. The van der Waals surface area contributed by atoms with Crippen molar-refractivity contribution in [3.63, 3.8) is 0 Å². The summed E-state index contributed by atoms with van der Waals surface area (Å²) in [4.78, 5) is 13.2. The summed E-state index contributed by atoms with van der Waals surface area (Å²) in [6.45, 7) is -0.0491. The molecule has 0 unspecified atom stereocenters. The van der Waals surface area contributed by atoms with Gasteiger partial charge >= 0.3 is 6.09 Å². The molecule has 0 saturated carbocycles. The van der Waals surface area contributed by atoms with Gasteiger partial charge in [-0.1, -0.05) is 24.3 Å². The molecule has 1 aliphatic heterocycles. The molecule has 1 aliphatic rings. The number of cyclic esters (lactones) is 1. The van der Waals surface area contributed by atoms with Crippen LogP contribution in [0.2, 0.25) is 0 Å². The minimum Gasteiger partial charge on any atom is -1.00 e. The van der Waals surface area contributed by atoms with Gasteiger partial charge in [0.25, 0.3) is 0 Å².